The van der Waals surface area contributed by atoms with Crippen LogP contribution in [-0.4, -0.2) is 45.0 Å². The van der Waals surface area contributed by atoms with Gasteiger partial charge in [-0.15, -0.1) is 0 Å². The van der Waals surface area contributed by atoms with Crippen molar-refractivity contribution >= 4 is 45.0 Å². The molecule has 0 aliphatic heterocycles. The largest absolute Gasteiger partial charge is 2.00 e. The standard InChI is InChI=1S/2C4H9.4C2H4O2.Pd.Sn/c2*1-3-4-2;4*1-2(3)4;;/h2*1,3-4H2,2H3;4*1H3,(H,3,4);;/q;;;;;;2*+2/p-4. The second kappa shape index (κ2) is 39.4. The van der Waals surface area contributed by atoms with E-state index in [4.69, 9.17) is 39.6 Å². The van der Waals surface area contributed by atoms with Gasteiger partial charge < -0.3 is 39.6 Å². The minimum atomic E-state index is -1.08. The molecule has 0 amide bonds. The van der Waals surface area contributed by atoms with Crippen LogP contribution in [0, 0.1) is 0 Å². The number of aliphatic carboxylic acids is 4. The third-order valence-corrected chi connectivity index (χ3v) is 5.45. The molecule has 0 saturated heterocycles. The number of unbranched alkanes of at least 4 members (excludes halogenated alkanes) is 2. The molecule has 0 aromatic heterocycles. The Hall–Kier alpha value is -0.659. The fraction of sp³-hybridized carbons (Fsp3) is 0.750. The van der Waals surface area contributed by atoms with Gasteiger partial charge in [0.25, 0.3) is 0 Å². The van der Waals surface area contributed by atoms with E-state index in [-0.39, 0.29) is 41.6 Å². The molecule has 0 atom stereocenters. The maximum atomic E-state index is 8.89. The van der Waals surface area contributed by atoms with Crippen LogP contribution in [0.2, 0.25) is 8.87 Å². The van der Waals surface area contributed by atoms with E-state index >= 15 is 0 Å². The third-order valence-electron chi connectivity index (χ3n) is 1.41. The van der Waals surface area contributed by atoms with E-state index in [2.05, 4.69) is 13.8 Å². The molecule has 0 bridgehead atoms. The molecule has 0 aliphatic rings. The van der Waals surface area contributed by atoms with Crippen molar-refractivity contribution in [1.29, 1.82) is 0 Å². The second-order valence-electron chi connectivity index (χ2n) is 4.42. The number of hydrogen-bond donors (Lipinski definition) is 0. The Bertz CT molecular complexity index is 255. The molecule has 0 radical (unpaired) electrons. The number of rotatable bonds is 6. The summed E-state index contributed by atoms with van der Waals surface area (Å²) in [7, 11) is 0. The van der Waals surface area contributed by atoms with E-state index in [1.54, 1.807) is 8.87 Å². The molecule has 0 rings (SSSR count). The van der Waals surface area contributed by atoms with Crippen LogP contribution in [0.4, 0.5) is 0 Å². The number of carboxylic acids is 4. The fourth-order valence-electron chi connectivity index (χ4n) is 0.729. The smallest absolute Gasteiger partial charge is 2.00 e. The minimum absolute atomic E-state index is 0. The molecule has 26 heavy (non-hydrogen) atoms. The van der Waals surface area contributed by atoms with Gasteiger partial charge in [-0.1, -0.05) is 0 Å². The quantitative estimate of drug-likeness (QED) is 0.264. The van der Waals surface area contributed by atoms with Crippen molar-refractivity contribution in [2.45, 2.75) is 76.1 Å². The van der Waals surface area contributed by atoms with Crippen LogP contribution < -0.4 is 20.4 Å². The minimum Gasteiger partial charge on any atom is 2.00 e. The molecule has 0 heterocycles. The maximum absolute atomic E-state index is 8.89. The van der Waals surface area contributed by atoms with Gasteiger partial charge in [-0.25, -0.2) is 0 Å². The maximum Gasteiger partial charge on any atom is 2.00 e. The Morgan fingerprint density at radius 3 is 0.885 bits per heavy atom. The molecule has 8 nitrogen and oxygen atoms in total. The molecule has 10 heteroatoms. The van der Waals surface area contributed by atoms with E-state index in [9.17, 15) is 0 Å². The average molecular weight is 576 g/mol. The number of carbonyl (C=O) groups excluding carboxylic acids is 4. The summed E-state index contributed by atoms with van der Waals surface area (Å²) in [5.41, 5.74) is 0. The SMILES string of the molecule is CC(=O)[O-].CC(=O)[O-].CC(=O)[O-].CC(=O)[O-].CCC[CH2][Sn+2][CH2]CCC.[Pd+2]. The summed E-state index contributed by atoms with van der Waals surface area (Å²) in [6.07, 6.45) is 5.84. The molecule has 0 spiro atoms. The molecular formula is C16H30O8PdSn. The van der Waals surface area contributed by atoms with Crippen molar-refractivity contribution in [2.75, 3.05) is 0 Å². The van der Waals surface area contributed by atoms with Crippen LogP contribution >= 0.6 is 0 Å². The Morgan fingerprint density at radius 1 is 0.615 bits per heavy atom. The van der Waals surface area contributed by atoms with Crippen LogP contribution in [0.25, 0.3) is 0 Å². The molecule has 0 N–H and O–H groups in total. The first kappa shape index (κ1) is 40.1. The first-order valence-electron chi connectivity index (χ1n) is 7.75. The van der Waals surface area contributed by atoms with Gasteiger partial charge in [-0.3, -0.25) is 0 Å². The van der Waals surface area contributed by atoms with Gasteiger partial charge in [0, 0.05) is 23.9 Å². The summed E-state index contributed by atoms with van der Waals surface area (Å²) in [5, 5.41) is 35.6. The normalized spacial score (nSPS) is 7.00. The average Bonchev–Trinajstić information content (AvgIpc) is 2.36. The van der Waals surface area contributed by atoms with Crippen LogP contribution in [0.15, 0.2) is 0 Å². The topological polar surface area (TPSA) is 161 Å². The van der Waals surface area contributed by atoms with Gasteiger partial charge in [0.1, 0.15) is 0 Å². The predicted octanol–water partition coefficient (Wildman–Crippen LogP) is -1.85. The fourth-order valence-corrected chi connectivity index (χ4v) is 4.89. The second-order valence-corrected chi connectivity index (χ2v) is 8.70. The van der Waals surface area contributed by atoms with Crippen molar-refractivity contribution in [3.8, 4) is 0 Å². The molecule has 0 unspecified atom stereocenters. The third kappa shape index (κ3) is 408. The summed E-state index contributed by atoms with van der Waals surface area (Å²) in [4.78, 5) is 35.6. The molecule has 0 saturated carbocycles. The van der Waals surface area contributed by atoms with Crippen LogP contribution in [0.1, 0.15) is 67.2 Å². The van der Waals surface area contributed by atoms with Gasteiger partial charge in [0.2, 0.25) is 0 Å². The molecular weight excluding hydrogens is 545 g/mol. The van der Waals surface area contributed by atoms with Gasteiger partial charge in [0.05, 0.1) is 0 Å². The van der Waals surface area contributed by atoms with Crippen LogP contribution in [-0.2, 0) is 39.6 Å². The predicted molar refractivity (Wildman–Crippen MR) is 87.9 cm³/mol. The van der Waals surface area contributed by atoms with Gasteiger partial charge in [-0.2, -0.15) is 0 Å². The van der Waals surface area contributed by atoms with E-state index in [1.807, 2.05) is 0 Å². The van der Waals surface area contributed by atoms with Crippen molar-refractivity contribution in [1.82, 2.24) is 0 Å². The first-order valence-corrected chi connectivity index (χ1v) is 11.8. The van der Waals surface area contributed by atoms with Crippen LogP contribution in [0.3, 0.4) is 0 Å². The zero-order valence-electron chi connectivity index (χ0n) is 16.3. The van der Waals surface area contributed by atoms with Crippen LogP contribution in [0.5, 0.6) is 0 Å². The van der Waals surface area contributed by atoms with E-state index in [0.717, 1.165) is 27.7 Å². The molecule has 0 aromatic carbocycles. The Labute approximate surface area is 180 Å². The van der Waals surface area contributed by atoms with Crippen molar-refractivity contribution in [3.63, 3.8) is 0 Å². The van der Waals surface area contributed by atoms with E-state index < -0.39 is 23.9 Å². The van der Waals surface area contributed by atoms with Crippen molar-refractivity contribution in [2.24, 2.45) is 0 Å². The van der Waals surface area contributed by atoms with Crippen molar-refractivity contribution < 1.29 is 60.0 Å². The number of carboxylic acid groups (broad SMARTS) is 4. The number of carbonyl (C=O) groups is 4. The Balaban J connectivity index is -0.0000000508. The summed E-state index contributed by atoms with van der Waals surface area (Å²) < 4.78 is 3.25. The zero-order valence-corrected chi connectivity index (χ0v) is 20.7. The first-order chi connectivity index (χ1) is 11.3. The molecule has 156 valence electrons. The summed E-state index contributed by atoms with van der Waals surface area (Å²) in [6.45, 7) is 8.47. The van der Waals surface area contributed by atoms with Gasteiger partial charge in [-0.05, 0) is 27.7 Å². The van der Waals surface area contributed by atoms with Crippen molar-refractivity contribution in [3.05, 3.63) is 0 Å². The van der Waals surface area contributed by atoms with E-state index in [0.29, 0.717) is 0 Å². The molecule has 0 aromatic rings. The molecule has 0 aliphatic carbocycles. The molecule has 0 fully saturated rings. The monoisotopic (exact) mass is 576 g/mol. The Morgan fingerprint density at radius 2 is 0.769 bits per heavy atom. The number of hydrogen-bond acceptors (Lipinski definition) is 8. The Kier molecular flexibility index (Phi) is 60.9. The summed E-state index contributed by atoms with van der Waals surface area (Å²) >= 11 is 0.149. The summed E-state index contributed by atoms with van der Waals surface area (Å²) in [5.74, 6) is -4.33. The van der Waals surface area contributed by atoms with Gasteiger partial charge in [0.15, 0.2) is 0 Å². The van der Waals surface area contributed by atoms with E-state index in [1.165, 1.54) is 25.7 Å². The van der Waals surface area contributed by atoms with Gasteiger partial charge >= 0.3 is 90.0 Å². The zero-order chi connectivity index (χ0) is 21.3. The summed E-state index contributed by atoms with van der Waals surface area (Å²) in [6, 6.07) is 0.